The van der Waals surface area contributed by atoms with Crippen molar-refractivity contribution in [2.75, 3.05) is 0 Å². The van der Waals surface area contributed by atoms with Crippen LogP contribution in [0, 0.1) is 6.92 Å². The molecule has 3 heteroatoms. The lowest BCUT2D eigenvalue weighted by Gasteiger charge is -2.10. The molecule has 0 radical (unpaired) electrons. The molecule has 2 aromatic carbocycles. The largest absolute Gasteiger partial charge is 0.296 e. The first-order valence-corrected chi connectivity index (χ1v) is 8.27. The van der Waals surface area contributed by atoms with Crippen LogP contribution >= 0.6 is 0 Å². The number of hydrogen-bond donors (Lipinski definition) is 0. The summed E-state index contributed by atoms with van der Waals surface area (Å²) in [5, 5.41) is 0. The Hall–Kier alpha value is -2.94. The van der Waals surface area contributed by atoms with Crippen molar-refractivity contribution in [1.82, 2.24) is 9.55 Å². The molecule has 0 bridgehead atoms. The molecule has 3 heterocycles. The summed E-state index contributed by atoms with van der Waals surface area (Å²) < 4.78 is 4.49. The topological polar surface area (TPSA) is 21.7 Å². The molecule has 116 valence electrons. The second kappa shape index (κ2) is 4.78. The second-order valence-corrected chi connectivity index (χ2v) is 6.52. The number of nitrogens with zero attached hydrogens (tertiary/aromatic N) is 3. The molecule has 0 saturated heterocycles. The summed E-state index contributed by atoms with van der Waals surface area (Å²) in [6.07, 6.45) is 2.99. The minimum Gasteiger partial charge on any atom is -0.296 e. The van der Waals surface area contributed by atoms with Crippen LogP contribution in [0.15, 0.2) is 60.8 Å². The molecule has 1 aliphatic rings. The summed E-state index contributed by atoms with van der Waals surface area (Å²) in [5.74, 6) is 1.14. The average Bonchev–Trinajstić information content (AvgIpc) is 3.10. The van der Waals surface area contributed by atoms with Gasteiger partial charge in [0.2, 0.25) is 5.69 Å². The van der Waals surface area contributed by atoms with Gasteiger partial charge in [-0.25, -0.2) is 9.55 Å². The molecule has 0 spiro atoms. The van der Waals surface area contributed by atoms with E-state index in [-0.39, 0.29) is 0 Å². The summed E-state index contributed by atoms with van der Waals surface area (Å²) in [5.41, 5.74) is 8.74. The Balaban J connectivity index is 1.74. The summed E-state index contributed by atoms with van der Waals surface area (Å²) in [4.78, 5) is 4.82. The second-order valence-electron chi connectivity index (χ2n) is 6.52. The van der Waals surface area contributed by atoms with Crippen LogP contribution in [0.5, 0.6) is 0 Å². The Morgan fingerprint density at radius 2 is 1.88 bits per heavy atom. The highest BCUT2D eigenvalue weighted by atomic mass is 15.1. The van der Waals surface area contributed by atoms with Gasteiger partial charge in [-0.2, -0.15) is 0 Å². The minimum absolute atomic E-state index is 0.897. The van der Waals surface area contributed by atoms with Crippen molar-refractivity contribution >= 4 is 11.0 Å². The molecule has 2 aromatic heterocycles. The number of para-hydroxylation sites is 2. The van der Waals surface area contributed by atoms with E-state index in [0.29, 0.717) is 0 Å². The monoisotopic (exact) mass is 312 g/mol. The summed E-state index contributed by atoms with van der Waals surface area (Å²) >= 11 is 0. The van der Waals surface area contributed by atoms with E-state index in [0.717, 1.165) is 17.8 Å². The smallest absolute Gasteiger partial charge is 0.212 e. The molecule has 0 aliphatic carbocycles. The predicted molar refractivity (Wildman–Crippen MR) is 95.2 cm³/mol. The molecule has 1 aliphatic heterocycles. The number of benzene rings is 2. The zero-order valence-electron chi connectivity index (χ0n) is 13.8. The molecular weight excluding hydrogens is 294 g/mol. The fourth-order valence-electron chi connectivity index (χ4n) is 3.80. The average molecular weight is 312 g/mol. The molecule has 0 unspecified atom stereocenters. The minimum atomic E-state index is 0.897. The molecule has 4 aromatic rings. The van der Waals surface area contributed by atoms with Gasteiger partial charge in [-0.05, 0) is 48.4 Å². The van der Waals surface area contributed by atoms with E-state index in [1.807, 2.05) is 0 Å². The van der Waals surface area contributed by atoms with Crippen molar-refractivity contribution in [3.63, 3.8) is 0 Å². The van der Waals surface area contributed by atoms with E-state index in [1.54, 1.807) is 0 Å². The highest BCUT2D eigenvalue weighted by molar-refractivity contribution is 5.81. The van der Waals surface area contributed by atoms with Gasteiger partial charge in [0.15, 0.2) is 6.20 Å². The van der Waals surface area contributed by atoms with Crippen LogP contribution in [0.2, 0.25) is 0 Å². The van der Waals surface area contributed by atoms with Crippen LogP contribution in [0.1, 0.15) is 17.0 Å². The molecule has 0 saturated carbocycles. The predicted octanol–water partition coefficient (Wildman–Crippen LogP) is 3.73. The third-order valence-corrected chi connectivity index (χ3v) is 4.98. The van der Waals surface area contributed by atoms with E-state index in [9.17, 15) is 0 Å². The molecule has 0 amide bonds. The molecule has 0 fully saturated rings. The van der Waals surface area contributed by atoms with Crippen molar-refractivity contribution in [3.05, 3.63) is 77.7 Å². The molecule has 0 atom stereocenters. The number of imidazole rings is 1. The maximum absolute atomic E-state index is 4.82. The van der Waals surface area contributed by atoms with Crippen LogP contribution in [-0.4, -0.2) is 9.55 Å². The first-order chi connectivity index (χ1) is 11.7. The van der Waals surface area contributed by atoms with Crippen LogP contribution in [0.25, 0.3) is 28.0 Å². The highest BCUT2D eigenvalue weighted by Crippen LogP contribution is 2.35. The van der Waals surface area contributed by atoms with Gasteiger partial charge in [0.1, 0.15) is 12.9 Å². The fraction of sp³-hybridized carbons (Fsp3) is 0.143. The first-order valence-electron chi connectivity index (χ1n) is 8.27. The van der Waals surface area contributed by atoms with E-state index in [2.05, 4.69) is 83.9 Å². The number of pyridine rings is 1. The number of hydrogen-bond acceptors (Lipinski definition) is 1. The van der Waals surface area contributed by atoms with E-state index < -0.39 is 0 Å². The van der Waals surface area contributed by atoms with E-state index in [4.69, 9.17) is 4.98 Å². The maximum atomic E-state index is 4.82. The van der Waals surface area contributed by atoms with Crippen LogP contribution in [-0.2, 0) is 13.5 Å². The standard InChI is InChI=1S/C21H18N3/c1-14-11-20-15(12-16(14)18-8-5-6-10-23(18)2)13-21-22-17-7-3-4-9-19(17)24(20)21/h3-12H,13H2,1-2H3/q+1. The van der Waals surface area contributed by atoms with Crippen LogP contribution in [0.3, 0.4) is 0 Å². The van der Waals surface area contributed by atoms with Gasteiger partial charge >= 0.3 is 0 Å². The van der Waals surface area contributed by atoms with Crippen molar-refractivity contribution in [1.29, 1.82) is 0 Å². The molecule has 0 N–H and O–H groups in total. The quantitative estimate of drug-likeness (QED) is 0.432. The van der Waals surface area contributed by atoms with Crippen LogP contribution in [0.4, 0.5) is 0 Å². The Morgan fingerprint density at radius 3 is 2.75 bits per heavy atom. The Morgan fingerprint density at radius 1 is 1.04 bits per heavy atom. The first kappa shape index (κ1) is 13.5. The van der Waals surface area contributed by atoms with Crippen molar-refractivity contribution in [2.45, 2.75) is 13.3 Å². The Bertz CT molecular complexity index is 1110. The van der Waals surface area contributed by atoms with Crippen molar-refractivity contribution < 1.29 is 4.57 Å². The lowest BCUT2D eigenvalue weighted by molar-refractivity contribution is -0.660. The lowest BCUT2D eigenvalue weighted by atomic mass is 9.99. The number of aromatic nitrogens is 3. The SMILES string of the molecule is Cc1cc2c(cc1-c1cccc[n+]1C)Cc1nc3ccccc3n1-2. The summed E-state index contributed by atoms with van der Waals surface area (Å²) in [6.45, 7) is 2.19. The van der Waals surface area contributed by atoms with Gasteiger partial charge in [0, 0.05) is 24.1 Å². The van der Waals surface area contributed by atoms with Gasteiger partial charge in [-0.15, -0.1) is 0 Å². The number of rotatable bonds is 1. The number of aryl methyl sites for hydroxylation is 2. The Labute approximate surface area is 140 Å². The van der Waals surface area contributed by atoms with Gasteiger partial charge in [-0.3, -0.25) is 4.57 Å². The maximum Gasteiger partial charge on any atom is 0.212 e. The molecule has 3 nitrogen and oxygen atoms in total. The van der Waals surface area contributed by atoms with Gasteiger partial charge in [0.25, 0.3) is 0 Å². The fourth-order valence-corrected chi connectivity index (χ4v) is 3.80. The third-order valence-electron chi connectivity index (χ3n) is 4.98. The van der Waals surface area contributed by atoms with Gasteiger partial charge in [-0.1, -0.05) is 12.1 Å². The van der Waals surface area contributed by atoms with Crippen molar-refractivity contribution in [2.24, 2.45) is 7.05 Å². The summed E-state index contributed by atoms with van der Waals surface area (Å²) in [6, 6.07) is 19.4. The van der Waals surface area contributed by atoms with Crippen molar-refractivity contribution in [3.8, 4) is 16.9 Å². The zero-order valence-corrected chi connectivity index (χ0v) is 13.8. The normalized spacial score (nSPS) is 12.4. The number of fused-ring (bicyclic) bond motifs is 5. The molecule has 24 heavy (non-hydrogen) atoms. The zero-order chi connectivity index (χ0) is 16.3. The van der Waals surface area contributed by atoms with E-state index in [1.165, 1.54) is 33.6 Å². The van der Waals surface area contributed by atoms with Gasteiger partial charge < -0.3 is 0 Å². The lowest BCUT2D eigenvalue weighted by Crippen LogP contribution is -2.30. The Kier molecular flexibility index (Phi) is 2.69. The van der Waals surface area contributed by atoms with Gasteiger partial charge in [0.05, 0.1) is 16.7 Å². The molecular formula is C21H18N3+. The molecule has 5 rings (SSSR count). The van der Waals surface area contributed by atoms with E-state index >= 15 is 0 Å². The van der Waals surface area contributed by atoms with Crippen LogP contribution < -0.4 is 4.57 Å². The highest BCUT2D eigenvalue weighted by Gasteiger charge is 2.25. The summed E-state index contributed by atoms with van der Waals surface area (Å²) in [7, 11) is 2.10. The third kappa shape index (κ3) is 1.78.